The third kappa shape index (κ3) is 2.76. The van der Waals surface area contributed by atoms with Crippen LogP contribution >= 0.6 is 0 Å². The molecule has 2 rings (SSSR count). The number of methoxy groups -OCH3 is 2. The van der Waals surface area contributed by atoms with E-state index in [1.165, 1.54) is 0 Å². The van der Waals surface area contributed by atoms with Gasteiger partial charge in [-0.3, -0.25) is 0 Å². The van der Waals surface area contributed by atoms with E-state index in [9.17, 15) is 5.11 Å². The van der Waals surface area contributed by atoms with E-state index < -0.39 is 0 Å². The molecule has 0 aromatic heterocycles. The Hall–Kier alpha value is -1.26. The minimum absolute atomic E-state index is 0.124. The second kappa shape index (κ2) is 5.59. The zero-order valence-electron chi connectivity index (χ0n) is 11.1. The van der Waals surface area contributed by atoms with Crippen LogP contribution in [0.1, 0.15) is 31.4 Å². The van der Waals surface area contributed by atoms with Gasteiger partial charge >= 0.3 is 0 Å². The molecule has 1 aromatic rings. The van der Waals surface area contributed by atoms with Gasteiger partial charge in [0.2, 0.25) is 0 Å². The van der Waals surface area contributed by atoms with Gasteiger partial charge < -0.3 is 19.9 Å². The van der Waals surface area contributed by atoms with Crippen molar-refractivity contribution >= 4 is 0 Å². The first kappa shape index (κ1) is 13.2. The van der Waals surface area contributed by atoms with Crippen LogP contribution in [0.5, 0.6) is 11.5 Å². The summed E-state index contributed by atoms with van der Waals surface area (Å²) in [5.74, 6) is 0.948. The van der Waals surface area contributed by atoms with Crippen molar-refractivity contribution in [2.75, 3.05) is 14.2 Å². The molecule has 1 saturated carbocycles. The first-order valence-electron chi connectivity index (χ1n) is 6.29. The molecule has 0 bridgehead atoms. The van der Waals surface area contributed by atoms with Crippen LogP contribution in [-0.4, -0.2) is 31.5 Å². The van der Waals surface area contributed by atoms with Crippen molar-refractivity contribution in [2.24, 2.45) is 0 Å². The van der Waals surface area contributed by atoms with Gasteiger partial charge in [0.15, 0.2) is 0 Å². The Morgan fingerprint density at radius 3 is 2.61 bits per heavy atom. The summed E-state index contributed by atoms with van der Waals surface area (Å²) in [6.45, 7) is 2.06. The number of rotatable bonds is 5. The van der Waals surface area contributed by atoms with Crippen LogP contribution in [0.4, 0.5) is 0 Å². The Morgan fingerprint density at radius 2 is 2.06 bits per heavy atom. The summed E-state index contributed by atoms with van der Waals surface area (Å²) >= 11 is 0. The highest BCUT2D eigenvalue weighted by Gasteiger charge is 2.30. The molecule has 1 aliphatic rings. The van der Waals surface area contributed by atoms with E-state index >= 15 is 0 Å². The number of phenols is 1. The summed E-state index contributed by atoms with van der Waals surface area (Å²) < 4.78 is 10.3. The van der Waals surface area contributed by atoms with Crippen LogP contribution in [0.2, 0.25) is 0 Å². The van der Waals surface area contributed by atoms with Crippen molar-refractivity contribution in [3.05, 3.63) is 23.8 Å². The van der Waals surface area contributed by atoms with Gasteiger partial charge in [-0.25, -0.2) is 0 Å². The molecule has 18 heavy (non-hydrogen) atoms. The Balaban J connectivity index is 1.94. The lowest BCUT2D eigenvalue weighted by molar-refractivity contribution is 0.0147. The number of hydrogen-bond acceptors (Lipinski definition) is 4. The van der Waals surface area contributed by atoms with Crippen LogP contribution in [0.15, 0.2) is 18.2 Å². The number of aromatic hydroxyl groups is 1. The average Bonchev–Trinajstić information content (AvgIpc) is 2.32. The van der Waals surface area contributed by atoms with Crippen molar-refractivity contribution in [1.82, 2.24) is 5.32 Å². The van der Waals surface area contributed by atoms with Gasteiger partial charge in [0.05, 0.1) is 13.2 Å². The largest absolute Gasteiger partial charge is 0.507 e. The second-order valence-corrected chi connectivity index (χ2v) is 4.84. The summed E-state index contributed by atoms with van der Waals surface area (Å²) in [5.41, 5.74) is 0.900. The molecule has 100 valence electrons. The quantitative estimate of drug-likeness (QED) is 0.842. The van der Waals surface area contributed by atoms with Gasteiger partial charge in [0, 0.05) is 30.8 Å². The zero-order valence-corrected chi connectivity index (χ0v) is 11.1. The average molecular weight is 251 g/mol. The highest BCUT2D eigenvalue weighted by atomic mass is 16.5. The molecule has 1 unspecified atom stereocenters. The molecule has 0 radical (unpaired) electrons. The zero-order chi connectivity index (χ0) is 13.1. The fourth-order valence-electron chi connectivity index (χ4n) is 2.35. The molecule has 0 saturated heterocycles. The first-order chi connectivity index (χ1) is 8.63. The second-order valence-electron chi connectivity index (χ2n) is 4.84. The van der Waals surface area contributed by atoms with Crippen molar-refractivity contribution in [3.63, 3.8) is 0 Å². The van der Waals surface area contributed by atoms with E-state index in [1.807, 2.05) is 12.1 Å². The molecule has 1 aliphatic carbocycles. The van der Waals surface area contributed by atoms with E-state index in [1.54, 1.807) is 20.3 Å². The summed E-state index contributed by atoms with van der Waals surface area (Å²) in [5, 5.41) is 13.4. The fraction of sp³-hybridized carbons (Fsp3) is 0.571. The van der Waals surface area contributed by atoms with Gasteiger partial charge in [0.25, 0.3) is 0 Å². The summed E-state index contributed by atoms with van der Waals surface area (Å²) in [4.78, 5) is 0. The topological polar surface area (TPSA) is 50.7 Å². The van der Waals surface area contributed by atoms with Crippen LogP contribution < -0.4 is 10.1 Å². The van der Waals surface area contributed by atoms with Crippen LogP contribution in [0, 0.1) is 0 Å². The van der Waals surface area contributed by atoms with Crippen molar-refractivity contribution in [2.45, 2.75) is 38.0 Å². The number of benzene rings is 1. The highest BCUT2D eigenvalue weighted by molar-refractivity contribution is 5.41. The molecule has 4 heteroatoms. The van der Waals surface area contributed by atoms with Gasteiger partial charge in [0.1, 0.15) is 11.5 Å². The SMILES string of the molecule is COc1ccc(C(C)NC2CC(OC)C2)c(O)c1. The molecule has 1 atom stereocenters. The highest BCUT2D eigenvalue weighted by Crippen LogP contribution is 2.31. The van der Waals surface area contributed by atoms with Crippen molar-refractivity contribution in [3.8, 4) is 11.5 Å². The predicted molar refractivity (Wildman–Crippen MR) is 70.0 cm³/mol. The van der Waals surface area contributed by atoms with Crippen LogP contribution in [0.3, 0.4) is 0 Å². The molecule has 2 N–H and O–H groups in total. The predicted octanol–water partition coefficient (Wildman–Crippen LogP) is 2.23. The fourth-order valence-corrected chi connectivity index (χ4v) is 2.35. The Morgan fingerprint density at radius 1 is 1.33 bits per heavy atom. The summed E-state index contributed by atoms with van der Waals surface area (Å²) in [6, 6.07) is 6.02. The molecule has 0 heterocycles. The number of nitrogens with one attached hydrogen (secondary N) is 1. The van der Waals surface area contributed by atoms with Crippen molar-refractivity contribution < 1.29 is 14.6 Å². The minimum atomic E-state index is 0.124. The molecule has 1 fully saturated rings. The number of hydrogen-bond donors (Lipinski definition) is 2. The number of ether oxygens (including phenoxy) is 2. The molecular formula is C14H21NO3. The Labute approximate surface area is 108 Å². The monoisotopic (exact) mass is 251 g/mol. The van der Waals surface area contributed by atoms with E-state index in [-0.39, 0.29) is 11.8 Å². The van der Waals surface area contributed by atoms with Gasteiger partial charge in [-0.05, 0) is 25.8 Å². The Kier molecular flexibility index (Phi) is 4.09. The molecule has 1 aromatic carbocycles. The smallest absolute Gasteiger partial charge is 0.124 e. The maximum atomic E-state index is 9.95. The maximum absolute atomic E-state index is 9.95. The number of phenolic OH excluding ortho intramolecular Hbond substituents is 1. The minimum Gasteiger partial charge on any atom is -0.507 e. The standard InChI is InChI=1S/C14H21NO3/c1-9(15-10-6-12(7-10)18-3)13-5-4-11(17-2)8-14(13)16/h4-5,8-10,12,15-16H,6-7H2,1-3H3. The molecule has 4 nitrogen and oxygen atoms in total. The van der Waals surface area contributed by atoms with E-state index in [4.69, 9.17) is 9.47 Å². The normalized spacial score (nSPS) is 24.4. The third-order valence-electron chi connectivity index (χ3n) is 3.62. The summed E-state index contributed by atoms with van der Waals surface area (Å²) in [7, 11) is 3.34. The lowest BCUT2D eigenvalue weighted by Gasteiger charge is -2.36. The third-order valence-corrected chi connectivity index (χ3v) is 3.62. The van der Waals surface area contributed by atoms with E-state index in [0.717, 1.165) is 18.4 Å². The molecule has 0 aliphatic heterocycles. The van der Waals surface area contributed by atoms with Crippen LogP contribution in [-0.2, 0) is 4.74 Å². The molecule has 0 amide bonds. The Bertz CT molecular complexity index is 402. The summed E-state index contributed by atoms with van der Waals surface area (Å²) in [6.07, 6.45) is 2.47. The van der Waals surface area contributed by atoms with Gasteiger partial charge in [-0.1, -0.05) is 6.07 Å². The van der Waals surface area contributed by atoms with Crippen molar-refractivity contribution in [1.29, 1.82) is 0 Å². The lowest BCUT2D eigenvalue weighted by atomic mass is 9.88. The lowest BCUT2D eigenvalue weighted by Crippen LogP contribution is -2.45. The van der Waals surface area contributed by atoms with Gasteiger partial charge in [-0.2, -0.15) is 0 Å². The van der Waals surface area contributed by atoms with Crippen LogP contribution in [0.25, 0.3) is 0 Å². The first-order valence-corrected chi connectivity index (χ1v) is 6.29. The molecule has 0 spiro atoms. The van der Waals surface area contributed by atoms with E-state index in [2.05, 4.69) is 12.2 Å². The maximum Gasteiger partial charge on any atom is 0.124 e. The van der Waals surface area contributed by atoms with Gasteiger partial charge in [-0.15, -0.1) is 0 Å². The van der Waals surface area contributed by atoms with E-state index in [0.29, 0.717) is 17.9 Å². The molecular weight excluding hydrogens is 230 g/mol.